The highest BCUT2D eigenvalue weighted by molar-refractivity contribution is 5.46. The van der Waals surface area contributed by atoms with E-state index in [2.05, 4.69) is 6.07 Å². The van der Waals surface area contributed by atoms with E-state index in [-0.39, 0.29) is 6.10 Å². The van der Waals surface area contributed by atoms with Crippen molar-refractivity contribution in [1.82, 2.24) is 0 Å². The molecule has 0 amide bonds. The molecule has 2 aromatic carbocycles. The fourth-order valence-corrected chi connectivity index (χ4v) is 3.04. The van der Waals surface area contributed by atoms with Gasteiger partial charge in [-0.25, -0.2) is 0 Å². The number of hydrogen-bond acceptors (Lipinski definition) is 4. The summed E-state index contributed by atoms with van der Waals surface area (Å²) in [5, 5.41) is 0. The van der Waals surface area contributed by atoms with Crippen molar-refractivity contribution in [1.29, 1.82) is 0 Å². The Morgan fingerprint density at radius 3 is 2.42 bits per heavy atom. The van der Waals surface area contributed by atoms with E-state index in [4.69, 9.17) is 18.9 Å². The molecular formula is C20H24O4. The fourth-order valence-electron chi connectivity index (χ4n) is 3.04. The summed E-state index contributed by atoms with van der Waals surface area (Å²) in [6.45, 7) is 5.23. The van der Waals surface area contributed by atoms with Crippen LogP contribution in [0.4, 0.5) is 0 Å². The summed E-state index contributed by atoms with van der Waals surface area (Å²) >= 11 is 0. The molecule has 2 aromatic rings. The summed E-state index contributed by atoms with van der Waals surface area (Å²) < 4.78 is 22.9. The van der Waals surface area contributed by atoms with Gasteiger partial charge in [-0.1, -0.05) is 6.07 Å². The molecule has 1 unspecified atom stereocenters. The lowest BCUT2D eigenvalue weighted by Gasteiger charge is -2.28. The summed E-state index contributed by atoms with van der Waals surface area (Å²) in [4.78, 5) is 0. The predicted molar refractivity (Wildman–Crippen MR) is 93.5 cm³/mol. The van der Waals surface area contributed by atoms with Gasteiger partial charge in [0.15, 0.2) is 0 Å². The Kier molecular flexibility index (Phi) is 5.14. The van der Waals surface area contributed by atoms with Crippen molar-refractivity contribution in [2.75, 3.05) is 20.3 Å². The summed E-state index contributed by atoms with van der Waals surface area (Å²) in [6.07, 6.45) is 1.87. The summed E-state index contributed by atoms with van der Waals surface area (Å²) in [5.41, 5.74) is 2.27. The molecule has 4 nitrogen and oxygen atoms in total. The molecule has 3 rings (SSSR count). The van der Waals surface area contributed by atoms with Gasteiger partial charge in [0.2, 0.25) is 0 Å². The second-order valence-corrected chi connectivity index (χ2v) is 5.68. The molecule has 0 saturated heterocycles. The predicted octanol–water partition coefficient (Wildman–Crippen LogP) is 4.56. The topological polar surface area (TPSA) is 36.9 Å². The molecule has 0 N–H and O–H groups in total. The Morgan fingerprint density at radius 2 is 1.71 bits per heavy atom. The zero-order valence-corrected chi connectivity index (χ0v) is 14.5. The van der Waals surface area contributed by atoms with Crippen LogP contribution in [0.3, 0.4) is 0 Å². The van der Waals surface area contributed by atoms with Crippen molar-refractivity contribution >= 4 is 0 Å². The lowest BCUT2D eigenvalue weighted by atomic mass is 9.96. The van der Waals surface area contributed by atoms with Gasteiger partial charge in [-0.05, 0) is 50.5 Å². The average Bonchev–Trinajstić information content (AvgIpc) is 2.61. The summed E-state index contributed by atoms with van der Waals surface area (Å²) in [6, 6.07) is 12.0. The van der Waals surface area contributed by atoms with Crippen LogP contribution in [0.15, 0.2) is 36.4 Å². The SMILES string of the molecule is CCOc1ccc2c(c1)OC(c1ccc(OCC)cc1OC)CC2. The number of fused-ring (bicyclic) bond motifs is 1. The smallest absolute Gasteiger partial charge is 0.129 e. The van der Waals surface area contributed by atoms with Crippen LogP contribution in [0.1, 0.15) is 37.5 Å². The van der Waals surface area contributed by atoms with Crippen molar-refractivity contribution in [3.05, 3.63) is 47.5 Å². The number of ether oxygens (including phenoxy) is 4. The zero-order valence-electron chi connectivity index (χ0n) is 14.5. The largest absolute Gasteiger partial charge is 0.496 e. The maximum absolute atomic E-state index is 6.25. The Morgan fingerprint density at radius 1 is 1.00 bits per heavy atom. The average molecular weight is 328 g/mol. The molecule has 0 bridgehead atoms. The van der Waals surface area contributed by atoms with Crippen molar-refractivity contribution in [3.63, 3.8) is 0 Å². The Bertz CT molecular complexity index is 696. The van der Waals surface area contributed by atoms with Crippen LogP contribution >= 0.6 is 0 Å². The molecule has 0 saturated carbocycles. The molecule has 1 aliphatic rings. The van der Waals surface area contributed by atoms with Crippen LogP contribution in [0, 0.1) is 0 Å². The van der Waals surface area contributed by atoms with Crippen molar-refractivity contribution in [2.24, 2.45) is 0 Å². The summed E-state index contributed by atoms with van der Waals surface area (Å²) in [7, 11) is 1.68. The number of rotatable bonds is 6. The van der Waals surface area contributed by atoms with Crippen molar-refractivity contribution in [3.8, 4) is 23.0 Å². The van der Waals surface area contributed by atoms with E-state index in [1.54, 1.807) is 7.11 Å². The van der Waals surface area contributed by atoms with Crippen LogP contribution in [-0.2, 0) is 6.42 Å². The zero-order chi connectivity index (χ0) is 16.9. The number of benzene rings is 2. The highest BCUT2D eigenvalue weighted by Crippen LogP contribution is 2.40. The molecule has 0 aliphatic carbocycles. The number of hydrogen-bond donors (Lipinski definition) is 0. The Labute approximate surface area is 143 Å². The van der Waals surface area contributed by atoms with E-state index in [9.17, 15) is 0 Å². The van der Waals surface area contributed by atoms with E-state index in [0.29, 0.717) is 13.2 Å². The minimum atomic E-state index is -0.0278. The minimum Gasteiger partial charge on any atom is -0.496 e. The molecule has 0 aromatic heterocycles. The highest BCUT2D eigenvalue weighted by atomic mass is 16.5. The standard InChI is InChI=1S/C20H24O4/c1-4-22-15-8-6-14-7-11-18(24-19(14)12-15)17-10-9-16(23-5-2)13-20(17)21-3/h6,8-10,12-13,18H,4-5,7,11H2,1-3H3. The maximum Gasteiger partial charge on any atom is 0.129 e. The molecule has 1 heterocycles. The van der Waals surface area contributed by atoms with Crippen molar-refractivity contribution < 1.29 is 18.9 Å². The number of aryl methyl sites for hydroxylation is 1. The normalized spacial score (nSPS) is 16.0. The van der Waals surface area contributed by atoms with Crippen LogP contribution in [0.2, 0.25) is 0 Å². The Balaban J connectivity index is 1.85. The number of methoxy groups -OCH3 is 1. The second-order valence-electron chi connectivity index (χ2n) is 5.68. The van der Waals surface area contributed by atoms with Crippen molar-refractivity contribution in [2.45, 2.75) is 32.8 Å². The first kappa shape index (κ1) is 16.5. The van der Waals surface area contributed by atoms with Crippen LogP contribution in [-0.4, -0.2) is 20.3 Å². The van der Waals surface area contributed by atoms with Gasteiger partial charge in [0.05, 0.1) is 20.3 Å². The van der Waals surface area contributed by atoms with Gasteiger partial charge < -0.3 is 18.9 Å². The second kappa shape index (κ2) is 7.47. The quantitative estimate of drug-likeness (QED) is 0.779. The van der Waals surface area contributed by atoms with E-state index in [1.165, 1.54) is 5.56 Å². The third kappa shape index (κ3) is 3.42. The lowest BCUT2D eigenvalue weighted by molar-refractivity contribution is 0.171. The third-order valence-corrected chi connectivity index (χ3v) is 4.16. The fraction of sp³-hybridized carbons (Fsp3) is 0.400. The molecule has 4 heteroatoms. The Hall–Kier alpha value is -2.36. The van der Waals surface area contributed by atoms with Gasteiger partial charge in [-0.15, -0.1) is 0 Å². The van der Waals surface area contributed by atoms with Crippen LogP contribution < -0.4 is 18.9 Å². The molecule has 24 heavy (non-hydrogen) atoms. The van der Waals surface area contributed by atoms with Gasteiger partial charge in [0.25, 0.3) is 0 Å². The van der Waals surface area contributed by atoms with E-state index in [0.717, 1.165) is 41.4 Å². The molecule has 0 spiro atoms. The van der Waals surface area contributed by atoms with Crippen LogP contribution in [0.25, 0.3) is 0 Å². The van der Waals surface area contributed by atoms with Gasteiger partial charge >= 0.3 is 0 Å². The molecule has 1 aliphatic heterocycles. The van der Waals surface area contributed by atoms with E-state index >= 15 is 0 Å². The monoisotopic (exact) mass is 328 g/mol. The molecule has 0 fully saturated rings. The van der Waals surface area contributed by atoms with E-state index < -0.39 is 0 Å². The molecule has 0 radical (unpaired) electrons. The first-order valence-electron chi connectivity index (χ1n) is 8.48. The van der Waals surface area contributed by atoms with Crippen LogP contribution in [0.5, 0.6) is 23.0 Å². The first-order chi connectivity index (χ1) is 11.7. The molecular weight excluding hydrogens is 304 g/mol. The van der Waals surface area contributed by atoms with Gasteiger partial charge in [-0.2, -0.15) is 0 Å². The molecule has 1 atom stereocenters. The minimum absolute atomic E-state index is 0.0278. The van der Waals surface area contributed by atoms with E-state index in [1.807, 2.05) is 44.2 Å². The van der Waals surface area contributed by atoms with Gasteiger partial charge in [0.1, 0.15) is 29.1 Å². The molecule has 128 valence electrons. The lowest BCUT2D eigenvalue weighted by Crippen LogP contribution is -2.16. The first-order valence-corrected chi connectivity index (χ1v) is 8.48. The summed E-state index contributed by atoms with van der Waals surface area (Å²) in [5.74, 6) is 3.35. The highest BCUT2D eigenvalue weighted by Gasteiger charge is 2.24. The van der Waals surface area contributed by atoms with Gasteiger partial charge in [-0.3, -0.25) is 0 Å². The third-order valence-electron chi connectivity index (χ3n) is 4.16. The maximum atomic E-state index is 6.25. The van der Waals surface area contributed by atoms with Gasteiger partial charge in [0, 0.05) is 17.7 Å².